The molecule has 0 aromatic heterocycles. The van der Waals surface area contributed by atoms with Crippen LogP contribution in [0.1, 0.15) is 69.4 Å². The number of carbonyl (C=O) groups is 1. The molecule has 0 unspecified atom stereocenters. The van der Waals surface area contributed by atoms with Gasteiger partial charge in [0.05, 0.1) is 17.8 Å². The number of likely N-dealkylation sites (tertiary alicyclic amines) is 1. The van der Waals surface area contributed by atoms with Crippen molar-refractivity contribution in [3.8, 4) is 0 Å². The van der Waals surface area contributed by atoms with Gasteiger partial charge in [-0.3, -0.25) is 4.39 Å². The summed E-state index contributed by atoms with van der Waals surface area (Å²) in [6.45, 7) is 2.39. The fourth-order valence-corrected chi connectivity index (χ4v) is 5.95. The number of halogens is 4. The minimum absolute atomic E-state index is 0.173. The molecule has 0 atom stereocenters. The first-order valence-electron chi connectivity index (χ1n) is 13.4. The summed E-state index contributed by atoms with van der Waals surface area (Å²) >= 11 is 0. The maximum absolute atomic E-state index is 14.6. The van der Waals surface area contributed by atoms with Crippen molar-refractivity contribution >= 4 is 17.1 Å². The topological polar surface area (TPSA) is 40.5 Å². The highest BCUT2D eigenvalue weighted by atomic mass is 19.3. The summed E-state index contributed by atoms with van der Waals surface area (Å²) in [5.74, 6) is -1.45. The summed E-state index contributed by atoms with van der Waals surface area (Å²) in [5, 5.41) is 9.53. The van der Waals surface area contributed by atoms with Gasteiger partial charge in [-0.05, 0) is 95.2 Å². The van der Waals surface area contributed by atoms with Crippen LogP contribution in [0.15, 0.2) is 60.7 Å². The zero-order valence-electron chi connectivity index (χ0n) is 21.6. The average Bonchev–Trinajstić information content (AvgIpc) is 3.09. The summed E-state index contributed by atoms with van der Waals surface area (Å²) in [7, 11) is 0. The van der Waals surface area contributed by atoms with Gasteiger partial charge < -0.3 is 10.0 Å². The van der Waals surface area contributed by atoms with Crippen LogP contribution in [-0.2, 0) is 12.8 Å². The molecule has 7 heteroatoms. The van der Waals surface area contributed by atoms with Crippen molar-refractivity contribution < 1.29 is 27.5 Å². The van der Waals surface area contributed by atoms with Crippen LogP contribution in [-0.4, -0.2) is 42.3 Å². The number of allylic oxidation sites excluding steroid dienone is 1. The van der Waals surface area contributed by atoms with Crippen LogP contribution < -0.4 is 0 Å². The average molecular weight is 538 g/mol. The molecule has 0 bridgehead atoms. The van der Waals surface area contributed by atoms with Gasteiger partial charge in [0.1, 0.15) is 5.82 Å². The Labute approximate surface area is 225 Å². The van der Waals surface area contributed by atoms with E-state index in [4.69, 9.17) is 0 Å². The number of carboxylic acids is 1. The standard InChI is InChI=1S/C32H31F4NO2/c33-14-3-15-37-18-21(19-37)16-20-8-10-22(11-9-20)29-25-13-12-24(32(38)39)17-23(25)4-1-5-26(29)27-6-2-7-28(34)30(27)31(35)36/h2,6-13,17,21,31H,1,3-5,14-16,18-19H2,(H,38,39). The van der Waals surface area contributed by atoms with Crippen LogP contribution in [0, 0.1) is 11.7 Å². The number of aromatic carboxylic acids is 1. The molecule has 0 amide bonds. The highest BCUT2D eigenvalue weighted by Crippen LogP contribution is 2.43. The SMILES string of the molecule is O=C(O)c1ccc2c(c1)CCCC(c1cccc(F)c1C(F)F)=C2c1ccc(CC2CN(CCCF)C2)cc1. The Balaban J connectivity index is 1.55. The van der Waals surface area contributed by atoms with E-state index in [2.05, 4.69) is 4.90 Å². The van der Waals surface area contributed by atoms with Crippen LogP contribution in [0.3, 0.4) is 0 Å². The second-order valence-electron chi connectivity index (χ2n) is 10.5. The third-order valence-corrected chi connectivity index (χ3v) is 7.80. The van der Waals surface area contributed by atoms with Gasteiger partial charge in [-0.15, -0.1) is 0 Å². The quantitative estimate of drug-likeness (QED) is 0.286. The zero-order valence-corrected chi connectivity index (χ0v) is 21.6. The molecule has 3 aromatic carbocycles. The fraction of sp³-hybridized carbons (Fsp3) is 0.344. The molecule has 2 aliphatic rings. The van der Waals surface area contributed by atoms with E-state index in [1.807, 2.05) is 24.3 Å². The van der Waals surface area contributed by atoms with Crippen molar-refractivity contribution in [3.63, 3.8) is 0 Å². The molecule has 5 rings (SSSR count). The molecular formula is C32H31F4NO2. The van der Waals surface area contributed by atoms with E-state index in [-0.39, 0.29) is 17.8 Å². The van der Waals surface area contributed by atoms with Gasteiger partial charge >= 0.3 is 5.97 Å². The smallest absolute Gasteiger partial charge is 0.335 e. The molecule has 204 valence electrons. The van der Waals surface area contributed by atoms with Crippen molar-refractivity contribution in [1.82, 2.24) is 4.90 Å². The molecule has 3 aromatic rings. The van der Waals surface area contributed by atoms with Crippen LogP contribution >= 0.6 is 0 Å². The van der Waals surface area contributed by atoms with Gasteiger partial charge in [0, 0.05) is 19.6 Å². The van der Waals surface area contributed by atoms with Crippen LogP contribution in [0.4, 0.5) is 17.6 Å². The minimum atomic E-state index is -2.97. The first-order valence-corrected chi connectivity index (χ1v) is 13.4. The molecule has 1 saturated heterocycles. The van der Waals surface area contributed by atoms with Crippen molar-refractivity contribution in [2.24, 2.45) is 5.92 Å². The van der Waals surface area contributed by atoms with E-state index < -0.39 is 23.8 Å². The Kier molecular flexibility index (Phi) is 8.17. The summed E-state index contributed by atoms with van der Waals surface area (Å²) < 4.78 is 55.2. The van der Waals surface area contributed by atoms with E-state index in [1.54, 1.807) is 18.2 Å². The first-order chi connectivity index (χ1) is 18.9. The minimum Gasteiger partial charge on any atom is -0.478 e. The Bertz CT molecular complexity index is 1380. The first kappa shape index (κ1) is 27.1. The monoisotopic (exact) mass is 537 g/mol. The number of rotatable bonds is 9. The molecule has 0 radical (unpaired) electrons. The van der Waals surface area contributed by atoms with Gasteiger partial charge in [0.2, 0.25) is 0 Å². The molecule has 0 spiro atoms. The fourth-order valence-electron chi connectivity index (χ4n) is 5.95. The predicted octanol–water partition coefficient (Wildman–Crippen LogP) is 7.59. The van der Waals surface area contributed by atoms with E-state index in [9.17, 15) is 27.5 Å². The molecule has 1 aliphatic carbocycles. The van der Waals surface area contributed by atoms with Gasteiger partial charge in [0.25, 0.3) is 6.43 Å². The molecule has 1 aliphatic heterocycles. The van der Waals surface area contributed by atoms with Gasteiger partial charge in [-0.25, -0.2) is 18.0 Å². The van der Waals surface area contributed by atoms with E-state index >= 15 is 0 Å². The third kappa shape index (κ3) is 5.78. The summed E-state index contributed by atoms with van der Waals surface area (Å²) in [5.41, 5.74) is 4.74. The molecule has 1 heterocycles. The van der Waals surface area contributed by atoms with Gasteiger partial charge in [-0.1, -0.05) is 42.5 Å². The molecule has 1 N–H and O–H groups in total. The Morgan fingerprint density at radius 1 is 1.00 bits per heavy atom. The number of hydrogen-bond acceptors (Lipinski definition) is 2. The second kappa shape index (κ2) is 11.7. The number of benzene rings is 3. The second-order valence-corrected chi connectivity index (χ2v) is 10.5. The Morgan fingerprint density at radius 2 is 1.77 bits per heavy atom. The summed E-state index contributed by atoms with van der Waals surface area (Å²) in [6.07, 6.45) is 0.146. The third-order valence-electron chi connectivity index (χ3n) is 7.80. The highest BCUT2D eigenvalue weighted by Gasteiger charge is 2.28. The van der Waals surface area contributed by atoms with Crippen molar-refractivity contribution in [1.29, 1.82) is 0 Å². The number of fused-ring (bicyclic) bond motifs is 1. The summed E-state index contributed by atoms with van der Waals surface area (Å²) in [6, 6.07) is 17.0. The maximum Gasteiger partial charge on any atom is 0.335 e. The molecule has 3 nitrogen and oxygen atoms in total. The van der Waals surface area contributed by atoms with E-state index in [1.165, 1.54) is 12.1 Å². The zero-order chi connectivity index (χ0) is 27.5. The van der Waals surface area contributed by atoms with Crippen LogP contribution in [0.5, 0.6) is 0 Å². The molecular weight excluding hydrogens is 506 g/mol. The Morgan fingerprint density at radius 3 is 2.46 bits per heavy atom. The van der Waals surface area contributed by atoms with Crippen LogP contribution in [0.2, 0.25) is 0 Å². The lowest BCUT2D eigenvalue weighted by atomic mass is 9.85. The molecule has 39 heavy (non-hydrogen) atoms. The number of alkyl halides is 3. The lowest BCUT2D eigenvalue weighted by Crippen LogP contribution is -2.47. The van der Waals surface area contributed by atoms with Crippen molar-refractivity contribution in [2.45, 2.75) is 38.5 Å². The van der Waals surface area contributed by atoms with Crippen molar-refractivity contribution in [2.75, 3.05) is 26.3 Å². The maximum atomic E-state index is 14.6. The van der Waals surface area contributed by atoms with E-state index in [0.29, 0.717) is 37.2 Å². The lowest BCUT2D eigenvalue weighted by molar-refractivity contribution is 0.0696. The number of hydrogen-bond donors (Lipinski definition) is 1. The van der Waals surface area contributed by atoms with Gasteiger partial charge in [0.15, 0.2) is 0 Å². The largest absolute Gasteiger partial charge is 0.478 e. The lowest BCUT2D eigenvalue weighted by Gasteiger charge is -2.39. The number of nitrogens with zero attached hydrogens (tertiary/aromatic N) is 1. The van der Waals surface area contributed by atoms with Crippen molar-refractivity contribution in [3.05, 3.63) is 105 Å². The number of aryl methyl sites for hydroxylation is 1. The highest BCUT2D eigenvalue weighted by molar-refractivity contribution is 6.01. The normalized spacial score (nSPS) is 16.2. The number of carboxylic acid groups (broad SMARTS) is 1. The molecule has 1 fully saturated rings. The van der Waals surface area contributed by atoms with Crippen LogP contribution in [0.25, 0.3) is 11.1 Å². The van der Waals surface area contributed by atoms with E-state index in [0.717, 1.165) is 59.9 Å². The Hall–Kier alpha value is -3.45. The molecule has 0 saturated carbocycles. The van der Waals surface area contributed by atoms with Gasteiger partial charge in [-0.2, -0.15) is 0 Å². The summed E-state index contributed by atoms with van der Waals surface area (Å²) in [4.78, 5) is 13.9. The predicted molar refractivity (Wildman–Crippen MR) is 144 cm³/mol.